The zero-order valence-corrected chi connectivity index (χ0v) is 30.8. The van der Waals surface area contributed by atoms with Crippen molar-refractivity contribution in [3.8, 4) is 0 Å². The fourth-order valence-corrected chi connectivity index (χ4v) is 8.45. The van der Waals surface area contributed by atoms with Crippen LogP contribution in [0.3, 0.4) is 0 Å². The summed E-state index contributed by atoms with van der Waals surface area (Å²) in [7, 11) is -4.84. The number of fused-ring (bicyclic) bond motifs is 2. The Hall–Kier alpha value is -3.49. The van der Waals surface area contributed by atoms with E-state index >= 15 is 0 Å². The highest BCUT2D eigenvalue weighted by Gasteiger charge is 2.44. The van der Waals surface area contributed by atoms with E-state index < -0.39 is 38.1 Å². The molecular formula is C35H44N3O7S3+. The summed E-state index contributed by atoms with van der Waals surface area (Å²) in [5.74, 6) is -1.53. The minimum atomic E-state index is -4.05. The van der Waals surface area contributed by atoms with Gasteiger partial charge in [-0.15, -0.1) is 11.8 Å². The predicted octanol–water partition coefficient (Wildman–Crippen LogP) is 5.72. The molecule has 2 aromatic carbocycles. The van der Waals surface area contributed by atoms with Crippen molar-refractivity contribution in [3.05, 3.63) is 101 Å². The van der Waals surface area contributed by atoms with Gasteiger partial charge in [-0.3, -0.25) is 9.35 Å². The minimum Gasteiger partial charge on any atom is -0.480 e. The highest BCUT2D eigenvalue weighted by Crippen LogP contribution is 2.47. The highest BCUT2D eigenvalue weighted by atomic mass is 32.2. The maximum atomic E-state index is 13.1. The Morgan fingerprint density at radius 1 is 1.02 bits per heavy atom. The molecule has 2 aliphatic heterocycles. The van der Waals surface area contributed by atoms with Gasteiger partial charge < -0.3 is 10.0 Å². The number of rotatable bonds is 13. The monoisotopic (exact) mass is 714 g/mol. The lowest BCUT2D eigenvalue weighted by atomic mass is 9.81. The van der Waals surface area contributed by atoms with Gasteiger partial charge in [0.05, 0.1) is 16.1 Å². The van der Waals surface area contributed by atoms with Gasteiger partial charge in [0.15, 0.2) is 5.71 Å². The molecule has 0 fully saturated rings. The third-order valence-corrected chi connectivity index (χ3v) is 12.3. The third-order valence-electron chi connectivity index (χ3n) is 8.92. The Kier molecular flexibility index (Phi) is 11.0. The van der Waals surface area contributed by atoms with E-state index in [0.29, 0.717) is 6.54 Å². The van der Waals surface area contributed by atoms with Crippen molar-refractivity contribution in [3.63, 3.8) is 0 Å². The van der Waals surface area contributed by atoms with E-state index in [1.54, 1.807) is 23.9 Å². The van der Waals surface area contributed by atoms with Crippen LogP contribution in [0.1, 0.15) is 45.2 Å². The van der Waals surface area contributed by atoms with Crippen LogP contribution >= 0.6 is 11.8 Å². The van der Waals surface area contributed by atoms with Crippen molar-refractivity contribution >= 4 is 55.0 Å². The molecule has 0 amide bonds. The van der Waals surface area contributed by atoms with E-state index in [4.69, 9.17) is 5.11 Å². The third kappa shape index (κ3) is 7.70. The SMILES string of the molecule is CSC(=C\C=C\C1=[N+](C)c2ccc(S(=O)(=O)N(C)CC(=O)O)cc2C1(C)C)/C=C/C=C1/N(CCCS(=O)(=O)O)c2ccccc2C1(C)C. The smallest absolute Gasteiger partial charge is 0.318 e. The second kappa shape index (κ2) is 14.2. The normalized spacial score (nSPS) is 18.5. The molecule has 2 N–H and O–H groups in total. The van der Waals surface area contributed by atoms with Gasteiger partial charge in [-0.1, -0.05) is 44.2 Å². The topological polar surface area (TPSA) is 135 Å². The van der Waals surface area contributed by atoms with Gasteiger partial charge in [-0.2, -0.15) is 17.3 Å². The summed E-state index contributed by atoms with van der Waals surface area (Å²) in [4.78, 5) is 14.3. The summed E-state index contributed by atoms with van der Waals surface area (Å²) < 4.78 is 61.0. The molecule has 4 rings (SSSR count). The molecule has 0 aliphatic carbocycles. The second-order valence-corrected chi connectivity index (χ2v) is 17.4. The molecule has 0 aromatic heterocycles. The summed E-state index contributed by atoms with van der Waals surface area (Å²) in [5.41, 5.74) is 5.06. The van der Waals surface area contributed by atoms with Crippen molar-refractivity contribution < 1.29 is 35.9 Å². The number of allylic oxidation sites excluding steroid dienone is 7. The number of nitrogens with zero attached hydrogens (tertiary/aromatic N) is 3. The average Bonchev–Trinajstić information content (AvgIpc) is 3.33. The fourth-order valence-electron chi connectivity index (χ4n) is 6.38. The molecule has 2 aliphatic rings. The largest absolute Gasteiger partial charge is 0.480 e. The second-order valence-electron chi connectivity index (χ2n) is 12.9. The number of carboxylic acids is 1. The van der Waals surface area contributed by atoms with Crippen LogP contribution in [0.15, 0.2) is 94.4 Å². The van der Waals surface area contributed by atoms with Gasteiger partial charge in [0.2, 0.25) is 15.7 Å². The molecule has 0 spiro atoms. The van der Waals surface area contributed by atoms with Crippen LogP contribution in [-0.2, 0) is 35.8 Å². The number of aliphatic carboxylic acids is 1. The lowest BCUT2D eigenvalue weighted by Gasteiger charge is -2.27. The van der Waals surface area contributed by atoms with E-state index in [2.05, 4.69) is 30.9 Å². The van der Waals surface area contributed by atoms with E-state index in [-0.39, 0.29) is 22.5 Å². The Morgan fingerprint density at radius 2 is 1.71 bits per heavy atom. The lowest BCUT2D eigenvalue weighted by molar-refractivity contribution is -0.401. The number of anilines is 1. The average molecular weight is 715 g/mol. The van der Waals surface area contributed by atoms with Crippen molar-refractivity contribution in [1.82, 2.24) is 4.31 Å². The van der Waals surface area contributed by atoms with E-state index in [9.17, 15) is 26.2 Å². The van der Waals surface area contributed by atoms with Gasteiger partial charge in [0, 0.05) is 53.0 Å². The molecule has 48 heavy (non-hydrogen) atoms. The van der Waals surface area contributed by atoms with Crippen LogP contribution < -0.4 is 4.90 Å². The number of benzene rings is 2. The first kappa shape index (κ1) is 37.3. The van der Waals surface area contributed by atoms with Gasteiger partial charge in [0.25, 0.3) is 10.1 Å². The van der Waals surface area contributed by atoms with Crippen LogP contribution in [0.5, 0.6) is 0 Å². The Labute approximate surface area is 288 Å². The molecule has 0 saturated carbocycles. The molecule has 2 aromatic rings. The molecule has 0 atom stereocenters. The van der Waals surface area contributed by atoms with Crippen molar-refractivity contribution in [2.75, 3.05) is 44.1 Å². The Bertz CT molecular complexity index is 1970. The minimum absolute atomic E-state index is 0.0473. The van der Waals surface area contributed by atoms with Crippen molar-refractivity contribution in [1.29, 1.82) is 0 Å². The maximum Gasteiger partial charge on any atom is 0.318 e. The van der Waals surface area contributed by atoms with Gasteiger partial charge in [0.1, 0.15) is 13.6 Å². The molecule has 0 bridgehead atoms. The van der Waals surface area contributed by atoms with Crippen LogP contribution in [0.4, 0.5) is 11.4 Å². The quantitative estimate of drug-likeness (QED) is 0.152. The first-order chi connectivity index (χ1) is 22.3. The number of carbonyl (C=O) groups is 1. The van der Waals surface area contributed by atoms with Gasteiger partial charge in [-0.25, -0.2) is 8.42 Å². The molecule has 258 valence electrons. The van der Waals surface area contributed by atoms with E-state index in [1.807, 2.05) is 80.3 Å². The maximum absolute atomic E-state index is 13.1. The first-order valence-electron chi connectivity index (χ1n) is 15.4. The summed E-state index contributed by atoms with van der Waals surface area (Å²) in [6.45, 7) is 8.17. The number of sulfonamides is 1. The number of thioether (sulfide) groups is 1. The van der Waals surface area contributed by atoms with Crippen molar-refractivity contribution in [2.24, 2.45) is 0 Å². The molecule has 13 heteroatoms. The van der Waals surface area contributed by atoms with E-state index in [1.165, 1.54) is 13.1 Å². The number of carboxylic acid groups (broad SMARTS) is 1. The molecule has 0 saturated heterocycles. The molecule has 0 unspecified atom stereocenters. The van der Waals surface area contributed by atoms with E-state index in [0.717, 1.165) is 43.1 Å². The predicted molar refractivity (Wildman–Crippen MR) is 194 cm³/mol. The van der Waals surface area contributed by atoms with Crippen LogP contribution in [0.2, 0.25) is 0 Å². The summed E-state index contributed by atoms with van der Waals surface area (Å²) in [6.07, 6.45) is 14.3. The number of hydrogen-bond acceptors (Lipinski definition) is 7. The molecule has 0 radical (unpaired) electrons. The zero-order chi connectivity index (χ0) is 35.7. The summed E-state index contributed by atoms with van der Waals surface area (Å²) in [5, 5.41) is 9.09. The lowest BCUT2D eigenvalue weighted by Crippen LogP contribution is -2.32. The van der Waals surface area contributed by atoms with Gasteiger partial charge >= 0.3 is 5.97 Å². The van der Waals surface area contributed by atoms with Crippen LogP contribution in [0, 0.1) is 0 Å². The Morgan fingerprint density at radius 3 is 2.35 bits per heavy atom. The summed E-state index contributed by atoms with van der Waals surface area (Å²) in [6, 6.07) is 13.0. The zero-order valence-electron chi connectivity index (χ0n) is 28.3. The molecule has 10 nitrogen and oxygen atoms in total. The highest BCUT2D eigenvalue weighted by molar-refractivity contribution is 8.02. The number of para-hydroxylation sites is 1. The standard InChI is InChI=1S/C35H43N3O7S3/c1-34(2)27-15-8-9-16-30(27)38(21-12-22-47(41,42)43)32(34)18-11-14-25(46-7)13-10-17-31-35(3,4)28-23-26(19-20-29(28)37(31)6)48(44,45)36(5)24-33(39)40/h8-11,13-20,23H,12,21-22,24H2,1-7H3,(H-,39,40,41,42,43)/p+1. The fraction of sp³-hybridized carbons (Fsp3) is 0.371. The molecular weight excluding hydrogens is 671 g/mol. The number of hydrogen-bond donors (Lipinski definition) is 2. The Balaban J connectivity index is 1.57. The van der Waals surface area contributed by atoms with Crippen molar-refractivity contribution in [2.45, 2.75) is 49.8 Å². The summed E-state index contributed by atoms with van der Waals surface area (Å²) >= 11 is 1.59. The van der Waals surface area contributed by atoms with Crippen LogP contribution in [-0.4, -0.2) is 86.3 Å². The van der Waals surface area contributed by atoms with Gasteiger partial charge in [-0.05, 0) is 68.5 Å². The first-order valence-corrected chi connectivity index (χ1v) is 19.7. The number of likely N-dealkylation sites (N-methyl/N-ethyl adjacent to an activating group) is 1. The molecule has 2 heterocycles. The van der Waals surface area contributed by atoms with Crippen LogP contribution in [0.25, 0.3) is 0 Å².